The third kappa shape index (κ3) is 3.82. The van der Waals surface area contributed by atoms with Gasteiger partial charge in [-0.15, -0.1) is 0 Å². The first-order valence-electron chi connectivity index (χ1n) is 9.84. The molecule has 1 N–H and O–H groups in total. The van der Waals surface area contributed by atoms with Crippen molar-refractivity contribution in [2.45, 2.75) is 19.0 Å². The largest absolute Gasteiger partial charge is 0.493 e. The summed E-state index contributed by atoms with van der Waals surface area (Å²) in [4.78, 5) is 32.6. The Balaban J connectivity index is 1.74. The van der Waals surface area contributed by atoms with E-state index in [0.29, 0.717) is 22.9 Å². The first-order chi connectivity index (χ1) is 15.0. The summed E-state index contributed by atoms with van der Waals surface area (Å²) in [7, 11) is 3.11. The Bertz CT molecular complexity index is 1120. The summed E-state index contributed by atoms with van der Waals surface area (Å²) in [5.74, 6) is 0.927. The van der Waals surface area contributed by atoms with E-state index in [9.17, 15) is 9.59 Å². The van der Waals surface area contributed by atoms with Crippen LogP contribution in [0.3, 0.4) is 0 Å². The number of nitrogens with zero attached hydrogens (tertiary/aromatic N) is 2. The Labute approximate surface area is 180 Å². The van der Waals surface area contributed by atoms with Crippen LogP contribution in [0.5, 0.6) is 11.5 Å². The number of methoxy groups -OCH3 is 2. The van der Waals surface area contributed by atoms with Gasteiger partial charge in [-0.05, 0) is 54.5 Å². The minimum absolute atomic E-state index is 0.158. The standard InChI is InChI=1S/C24H23N3O4/c1-16-11-12-27-21(13-16)25-24(23(27)29,26-22(28)18-7-5-4-6-8-18)15-17-9-10-19(30-2)20(14-17)31-3/h4-14H,15H2,1-3H3,(H,26,28)/t24-/m1/s1. The minimum Gasteiger partial charge on any atom is -0.493 e. The van der Waals surface area contributed by atoms with Crippen LogP contribution in [0.1, 0.15) is 22.8 Å². The van der Waals surface area contributed by atoms with Crippen molar-refractivity contribution in [2.75, 3.05) is 14.2 Å². The summed E-state index contributed by atoms with van der Waals surface area (Å²) >= 11 is 0. The normalized spacial score (nSPS) is 19.5. The van der Waals surface area contributed by atoms with Crippen LogP contribution in [-0.2, 0) is 11.2 Å². The molecular weight excluding hydrogens is 394 g/mol. The molecule has 2 aliphatic heterocycles. The zero-order valence-corrected chi connectivity index (χ0v) is 17.6. The summed E-state index contributed by atoms with van der Waals surface area (Å²) in [5.41, 5.74) is 0.717. The van der Waals surface area contributed by atoms with Crippen LogP contribution in [-0.4, -0.2) is 42.4 Å². The van der Waals surface area contributed by atoms with Crippen molar-refractivity contribution in [3.63, 3.8) is 0 Å². The van der Waals surface area contributed by atoms with Gasteiger partial charge in [0.2, 0.25) is 5.66 Å². The fourth-order valence-electron chi connectivity index (χ4n) is 3.67. The molecule has 7 nitrogen and oxygen atoms in total. The Morgan fingerprint density at radius 1 is 1.10 bits per heavy atom. The molecule has 0 unspecified atom stereocenters. The zero-order valence-electron chi connectivity index (χ0n) is 17.6. The number of rotatable bonds is 6. The molecule has 0 saturated carbocycles. The summed E-state index contributed by atoms with van der Waals surface area (Å²) in [6.45, 7) is 1.93. The van der Waals surface area contributed by atoms with E-state index >= 15 is 0 Å². The number of nitrogens with one attached hydrogen (secondary N) is 1. The smallest absolute Gasteiger partial charge is 0.281 e. The molecule has 0 aromatic heterocycles. The van der Waals surface area contributed by atoms with E-state index in [1.807, 2.05) is 31.2 Å². The van der Waals surface area contributed by atoms with Crippen LogP contribution in [0.2, 0.25) is 0 Å². The molecule has 158 valence electrons. The fourth-order valence-corrected chi connectivity index (χ4v) is 3.67. The lowest BCUT2D eigenvalue weighted by Crippen LogP contribution is -2.55. The van der Waals surface area contributed by atoms with Crippen molar-refractivity contribution >= 4 is 17.6 Å². The van der Waals surface area contributed by atoms with Crippen LogP contribution in [0.4, 0.5) is 0 Å². The number of carbonyl (C=O) groups excluding carboxylic acids is 2. The third-order valence-corrected chi connectivity index (χ3v) is 5.23. The number of allylic oxidation sites excluding steroid dienone is 2. The maximum Gasteiger partial charge on any atom is 0.281 e. The van der Waals surface area contributed by atoms with E-state index in [2.05, 4.69) is 5.32 Å². The quantitative estimate of drug-likeness (QED) is 0.783. The lowest BCUT2D eigenvalue weighted by atomic mass is 9.98. The predicted octanol–water partition coefficient (Wildman–Crippen LogP) is 3.09. The Kier molecular flexibility index (Phi) is 5.33. The zero-order chi connectivity index (χ0) is 22.0. The molecule has 4 rings (SSSR count). The second-order valence-corrected chi connectivity index (χ2v) is 7.40. The van der Waals surface area contributed by atoms with Gasteiger partial charge in [-0.1, -0.05) is 24.3 Å². The molecule has 2 amide bonds. The molecule has 2 aromatic carbocycles. The Hall–Kier alpha value is -3.87. The lowest BCUT2D eigenvalue weighted by molar-refractivity contribution is -0.130. The molecule has 2 aliphatic rings. The summed E-state index contributed by atoms with van der Waals surface area (Å²) < 4.78 is 10.7. The highest BCUT2D eigenvalue weighted by atomic mass is 16.5. The molecule has 0 radical (unpaired) electrons. The van der Waals surface area contributed by atoms with E-state index in [-0.39, 0.29) is 18.2 Å². The number of hydrogen-bond donors (Lipinski definition) is 1. The number of amidine groups is 1. The van der Waals surface area contributed by atoms with Gasteiger partial charge >= 0.3 is 0 Å². The van der Waals surface area contributed by atoms with Crippen molar-refractivity contribution in [3.05, 3.63) is 83.6 Å². The maximum atomic E-state index is 13.5. The van der Waals surface area contributed by atoms with Gasteiger partial charge in [-0.3, -0.25) is 14.5 Å². The van der Waals surface area contributed by atoms with E-state index < -0.39 is 5.66 Å². The van der Waals surface area contributed by atoms with E-state index in [1.54, 1.807) is 56.8 Å². The molecule has 31 heavy (non-hydrogen) atoms. The minimum atomic E-state index is -1.48. The number of ether oxygens (including phenoxy) is 2. The first kappa shape index (κ1) is 20.4. The van der Waals surface area contributed by atoms with E-state index in [4.69, 9.17) is 14.5 Å². The number of aliphatic imine (C=N–C) groups is 1. The number of hydrogen-bond acceptors (Lipinski definition) is 5. The van der Waals surface area contributed by atoms with E-state index in [1.165, 1.54) is 4.90 Å². The SMILES string of the molecule is COc1ccc(C[C@]2(NC(=O)c3ccccc3)N=C3C=C(C)C=CN3C2=O)cc1OC. The van der Waals surface area contributed by atoms with E-state index in [0.717, 1.165) is 11.1 Å². The molecule has 0 bridgehead atoms. The molecule has 7 heteroatoms. The van der Waals surface area contributed by atoms with Gasteiger partial charge in [-0.2, -0.15) is 0 Å². The Morgan fingerprint density at radius 2 is 1.84 bits per heavy atom. The van der Waals surface area contributed by atoms with Gasteiger partial charge < -0.3 is 14.8 Å². The number of amides is 2. The molecule has 0 fully saturated rings. The van der Waals surface area contributed by atoms with Crippen molar-refractivity contribution in [3.8, 4) is 11.5 Å². The Morgan fingerprint density at radius 3 is 2.55 bits per heavy atom. The molecule has 0 aliphatic carbocycles. The highest BCUT2D eigenvalue weighted by molar-refractivity contribution is 6.15. The average molecular weight is 417 g/mol. The number of benzene rings is 2. The maximum absolute atomic E-state index is 13.5. The molecule has 1 atom stereocenters. The van der Waals surface area contributed by atoms with Gasteiger partial charge in [0.1, 0.15) is 5.84 Å². The lowest BCUT2D eigenvalue weighted by Gasteiger charge is -2.27. The van der Waals surface area contributed by atoms with Gasteiger partial charge in [0, 0.05) is 18.2 Å². The summed E-state index contributed by atoms with van der Waals surface area (Å²) in [6, 6.07) is 14.2. The second-order valence-electron chi connectivity index (χ2n) is 7.40. The predicted molar refractivity (Wildman–Crippen MR) is 117 cm³/mol. The van der Waals surface area contributed by atoms with Gasteiger partial charge in [-0.25, -0.2) is 4.99 Å². The highest BCUT2D eigenvalue weighted by Gasteiger charge is 2.49. The average Bonchev–Trinajstić information content (AvgIpc) is 3.04. The van der Waals surface area contributed by atoms with Crippen LogP contribution in [0, 0.1) is 0 Å². The van der Waals surface area contributed by atoms with Crippen molar-refractivity contribution < 1.29 is 19.1 Å². The molecular formula is C24H23N3O4. The molecule has 2 heterocycles. The van der Waals surface area contributed by atoms with Gasteiger partial charge in [0.25, 0.3) is 11.8 Å². The highest BCUT2D eigenvalue weighted by Crippen LogP contribution is 2.33. The van der Waals surface area contributed by atoms with Crippen LogP contribution >= 0.6 is 0 Å². The summed E-state index contributed by atoms with van der Waals surface area (Å²) in [5, 5.41) is 2.89. The number of carbonyl (C=O) groups is 2. The number of fused-ring (bicyclic) bond motifs is 1. The molecule has 0 spiro atoms. The van der Waals surface area contributed by atoms with Crippen molar-refractivity contribution in [1.29, 1.82) is 0 Å². The van der Waals surface area contributed by atoms with Crippen LogP contribution < -0.4 is 14.8 Å². The van der Waals surface area contributed by atoms with Gasteiger partial charge in [0.15, 0.2) is 11.5 Å². The van der Waals surface area contributed by atoms with Crippen LogP contribution in [0.15, 0.2) is 77.4 Å². The molecule has 0 saturated heterocycles. The molecule has 2 aromatic rings. The second kappa shape index (κ2) is 8.10. The first-order valence-corrected chi connectivity index (χ1v) is 9.84. The third-order valence-electron chi connectivity index (χ3n) is 5.23. The van der Waals surface area contributed by atoms with Gasteiger partial charge in [0.05, 0.1) is 14.2 Å². The summed E-state index contributed by atoms with van der Waals surface area (Å²) in [6.07, 6.45) is 5.50. The van der Waals surface area contributed by atoms with Crippen LogP contribution in [0.25, 0.3) is 0 Å². The van der Waals surface area contributed by atoms with Crippen molar-refractivity contribution in [1.82, 2.24) is 10.2 Å². The topological polar surface area (TPSA) is 80.2 Å². The van der Waals surface area contributed by atoms with Crippen molar-refractivity contribution in [2.24, 2.45) is 4.99 Å². The monoisotopic (exact) mass is 417 g/mol. The fraction of sp³-hybridized carbons (Fsp3) is 0.208.